The Hall–Kier alpha value is -2.35. The Kier molecular flexibility index (Phi) is 4.80. The fraction of sp³-hybridized carbons (Fsp3) is 0.286. The largest absolute Gasteiger partial charge is 0.316 e. The molecule has 4 aromatic rings. The van der Waals surface area contributed by atoms with Crippen molar-refractivity contribution in [3.63, 3.8) is 0 Å². The highest BCUT2D eigenvalue weighted by atomic mass is 32.1. The Labute approximate surface area is 172 Å². The van der Waals surface area contributed by atoms with Crippen LogP contribution < -0.4 is 4.90 Å². The van der Waals surface area contributed by atoms with E-state index in [9.17, 15) is 0 Å². The molecule has 0 bridgehead atoms. The molecular formula is C21H22N5S2+. The first-order chi connectivity index (χ1) is 13.8. The van der Waals surface area contributed by atoms with Gasteiger partial charge >= 0.3 is 0 Å². The fourth-order valence-electron chi connectivity index (χ4n) is 3.98. The minimum Gasteiger partial charge on any atom is -0.316 e. The molecule has 0 saturated carbocycles. The van der Waals surface area contributed by atoms with Gasteiger partial charge in [0.05, 0.1) is 29.2 Å². The Morgan fingerprint density at radius 3 is 2.79 bits per heavy atom. The number of H-pyrrole nitrogens is 1. The number of likely N-dealkylation sites (tertiary alicyclic amines) is 1. The highest BCUT2D eigenvalue weighted by molar-refractivity contribution is 7.71. The number of nitrogens with one attached hydrogen (secondary N) is 2. The van der Waals surface area contributed by atoms with Gasteiger partial charge in [-0.2, -0.15) is 4.98 Å². The second kappa shape index (κ2) is 7.58. The summed E-state index contributed by atoms with van der Waals surface area (Å²) < 4.78 is 3.91. The van der Waals surface area contributed by atoms with Crippen molar-refractivity contribution >= 4 is 33.8 Å². The van der Waals surface area contributed by atoms with E-state index in [4.69, 9.17) is 17.2 Å². The topological polar surface area (TPSA) is 50.9 Å². The van der Waals surface area contributed by atoms with Crippen molar-refractivity contribution in [2.75, 3.05) is 13.1 Å². The zero-order valence-corrected chi connectivity index (χ0v) is 17.1. The lowest BCUT2D eigenvalue weighted by molar-refractivity contribution is -0.929. The number of aromatic nitrogens is 4. The summed E-state index contributed by atoms with van der Waals surface area (Å²) in [6, 6.07) is 18.6. The number of piperidine rings is 1. The second-order valence-corrected chi connectivity index (χ2v) is 8.80. The molecule has 3 heterocycles. The summed E-state index contributed by atoms with van der Waals surface area (Å²) in [5.41, 5.74) is 2.19. The van der Waals surface area contributed by atoms with E-state index >= 15 is 0 Å². The van der Waals surface area contributed by atoms with Crippen LogP contribution in [0.2, 0.25) is 0 Å². The molecule has 1 aliphatic heterocycles. The normalized spacial score (nSPS) is 19.9. The number of rotatable bonds is 4. The van der Waals surface area contributed by atoms with E-state index in [0.717, 1.165) is 36.7 Å². The van der Waals surface area contributed by atoms with Gasteiger partial charge in [0.15, 0.2) is 12.5 Å². The molecule has 1 aliphatic rings. The van der Waals surface area contributed by atoms with Crippen molar-refractivity contribution in [3.05, 3.63) is 64.4 Å². The van der Waals surface area contributed by atoms with E-state index < -0.39 is 0 Å². The monoisotopic (exact) mass is 408 g/mol. The van der Waals surface area contributed by atoms with Gasteiger partial charge in [-0.15, -0.1) is 11.3 Å². The van der Waals surface area contributed by atoms with E-state index in [1.54, 1.807) is 0 Å². The number of para-hydroxylation sites is 1. The Balaban J connectivity index is 1.33. The Morgan fingerprint density at radius 2 is 1.93 bits per heavy atom. The molecule has 0 aliphatic carbocycles. The van der Waals surface area contributed by atoms with Gasteiger partial charge in [-0.1, -0.05) is 42.5 Å². The summed E-state index contributed by atoms with van der Waals surface area (Å²) in [7, 11) is 0. The molecule has 5 nitrogen and oxygen atoms in total. The zero-order valence-electron chi connectivity index (χ0n) is 15.5. The third-order valence-electron chi connectivity index (χ3n) is 5.39. The highest BCUT2D eigenvalue weighted by Crippen LogP contribution is 2.30. The van der Waals surface area contributed by atoms with Crippen LogP contribution in [0.4, 0.5) is 0 Å². The Bertz CT molecular complexity index is 1110. The van der Waals surface area contributed by atoms with Crippen LogP contribution in [0, 0.1) is 4.77 Å². The second-order valence-electron chi connectivity index (χ2n) is 7.37. The zero-order chi connectivity index (χ0) is 18.9. The average Bonchev–Trinajstić information content (AvgIpc) is 3.33. The van der Waals surface area contributed by atoms with Crippen molar-refractivity contribution in [1.82, 2.24) is 19.7 Å². The molecule has 0 spiro atoms. The van der Waals surface area contributed by atoms with Crippen LogP contribution in [-0.2, 0) is 6.67 Å². The smallest absolute Gasteiger partial charge is 0.221 e. The summed E-state index contributed by atoms with van der Waals surface area (Å²) in [4.78, 5) is 11.0. The number of fused-ring (bicyclic) bond motifs is 1. The lowest BCUT2D eigenvalue weighted by Gasteiger charge is -2.28. The van der Waals surface area contributed by atoms with Crippen molar-refractivity contribution in [2.24, 2.45) is 0 Å². The van der Waals surface area contributed by atoms with Crippen LogP contribution in [0.25, 0.3) is 21.6 Å². The number of thiazole rings is 1. The molecule has 7 heteroatoms. The standard InChI is InChI=1S/C21H21N5S2/c27-21-23-19(15-7-2-1-3-8-15)24-26(21)14-25-12-6-9-16(13-25)20-22-17-10-4-5-11-18(17)28-20/h1-5,7-8,10-11,16H,6,9,12-14H2,(H,23,24,27)/p+1/t16-/m1/s1. The molecule has 2 N–H and O–H groups in total. The maximum Gasteiger partial charge on any atom is 0.221 e. The summed E-state index contributed by atoms with van der Waals surface area (Å²) in [5, 5.41) is 4.66. The van der Waals surface area contributed by atoms with Gasteiger partial charge in [0.1, 0.15) is 5.01 Å². The van der Waals surface area contributed by atoms with E-state index in [0.29, 0.717) is 10.7 Å². The molecule has 5 rings (SSSR count). The number of nitrogens with zero attached hydrogens (tertiary/aromatic N) is 3. The van der Waals surface area contributed by atoms with Crippen LogP contribution in [0.1, 0.15) is 23.8 Å². The number of hydrogen-bond acceptors (Lipinski definition) is 4. The van der Waals surface area contributed by atoms with Gasteiger partial charge in [0.2, 0.25) is 4.77 Å². The van der Waals surface area contributed by atoms with E-state index in [2.05, 4.69) is 46.5 Å². The van der Waals surface area contributed by atoms with E-state index in [-0.39, 0.29) is 0 Å². The summed E-state index contributed by atoms with van der Waals surface area (Å²) >= 11 is 7.35. The van der Waals surface area contributed by atoms with Crippen molar-refractivity contribution in [3.8, 4) is 11.4 Å². The molecule has 0 amide bonds. The molecular weight excluding hydrogens is 386 g/mol. The minimum atomic E-state index is 0.520. The quantitative estimate of drug-likeness (QED) is 0.507. The molecule has 2 atom stereocenters. The first-order valence-electron chi connectivity index (χ1n) is 9.67. The van der Waals surface area contributed by atoms with Crippen LogP contribution in [-0.4, -0.2) is 32.8 Å². The molecule has 28 heavy (non-hydrogen) atoms. The molecule has 2 aromatic carbocycles. The number of hydrogen-bond donors (Lipinski definition) is 2. The summed E-state index contributed by atoms with van der Waals surface area (Å²) in [5.74, 6) is 1.36. The van der Waals surface area contributed by atoms with E-state index in [1.807, 2.05) is 34.2 Å². The predicted molar refractivity (Wildman–Crippen MR) is 115 cm³/mol. The summed E-state index contributed by atoms with van der Waals surface area (Å²) in [6.07, 6.45) is 2.43. The molecule has 2 aromatic heterocycles. The van der Waals surface area contributed by atoms with Crippen LogP contribution in [0.3, 0.4) is 0 Å². The van der Waals surface area contributed by atoms with Gasteiger partial charge in [0, 0.05) is 5.56 Å². The van der Waals surface area contributed by atoms with Gasteiger partial charge < -0.3 is 4.90 Å². The van der Waals surface area contributed by atoms with Gasteiger partial charge in [-0.25, -0.2) is 9.67 Å². The maximum atomic E-state index is 5.50. The van der Waals surface area contributed by atoms with Gasteiger partial charge in [-0.3, -0.25) is 5.10 Å². The van der Waals surface area contributed by atoms with Crippen molar-refractivity contribution in [2.45, 2.75) is 25.4 Å². The third-order valence-corrected chi connectivity index (χ3v) is 6.90. The van der Waals surface area contributed by atoms with Gasteiger partial charge in [0.25, 0.3) is 0 Å². The van der Waals surface area contributed by atoms with Crippen molar-refractivity contribution < 1.29 is 4.90 Å². The van der Waals surface area contributed by atoms with E-state index in [1.165, 1.54) is 27.4 Å². The Morgan fingerprint density at radius 1 is 1.11 bits per heavy atom. The number of benzene rings is 2. The van der Waals surface area contributed by atoms with Crippen LogP contribution in [0.5, 0.6) is 0 Å². The third kappa shape index (κ3) is 3.53. The van der Waals surface area contributed by atoms with Gasteiger partial charge in [-0.05, 0) is 37.2 Å². The first kappa shape index (κ1) is 17.7. The average molecular weight is 409 g/mol. The molecule has 142 valence electrons. The first-order valence-corrected chi connectivity index (χ1v) is 10.9. The van der Waals surface area contributed by atoms with Crippen LogP contribution >= 0.6 is 23.6 Å². The molecule has 1 saturated heterocycles. The summed E-state index contributed by atoms with van der Waals surface area (Å²) in [6.45, 7) is 3.06. The number of aromatic amines is 1. The highest BCUT2D eigenvalue weighted by Gasteiger charge is 2.27. The van der Waals surface area contributed by atoms with Crippen LogP contribution in [0.15, 0.2) is 54.6 Å². The lowest BCUT2D eigenvalue weighted by Crippen LogP contribution is -3.12. The minimum absolute atomic E-state index is 0.520. The maximum absolute atomic E-state index is 5.50. The fourth-order valence-corrected chi connectivity index (χ4v) is 5.29. The number of quaternary nitrogens is 1. The van der Waals surface area contributed by atoms with Crippen molar-refractivity contribution in [1.29, 1.82) is 0 Å². The molecule has 0 radical (unpaired) electrons. The SMILES string of the molecule is S=c1nc(-c2ccccc2)[nH]n1C[NH+]1CCC[C@@H](c2nc3ccccc3s2)C1. The predicted octanol–water partition coefficient (Wildman–Crippen LogP) is 3.64. The lowest BCUT2D eigenvalue weighted by atomic mass is 9.99. The molecule has 1 fully saturated rings. The molecule has 1 unspecified atom stereocenters.